The molecule has 0 aromatic heterocycles. The molecular formula is C10H13NO. The van der Waals surface area contributed by atoms with Gasteiger partial charge in [0.1, 0.15) is 6.23 Å². The lowest BCUT2D eigenvalue weighted by molar-refractivity contribution is 0.0915. The summed E-state index contributed by atoms with van der Waals surface area (Å²) in [5.41, 5.74) is 1.05. The molecule has 0 radical (unpaired) electrons. The molecule has 0 aromatic carbocycles. The quantitative estimate of drug-likeness (QED) is 0.519. The van der Waals surface area contributed by atoms with E-state index in [1.807, 2.05) is 0 Å². The summed E-state index contributed by atoms with van der Waals surface area (Å²) in [5.74, 6) is 2.17. The molecule has 2 unspecified atom stereocenters. The first kappa shape index (κ1) is 6.72. The van der Waals surface area contributed by atoms with Crippen molar-refractivity contribution in [3.8, 4) is 0 Å². The lowest BCUT2D eigenvalue weighted by Gasteiger charge is -2.20. The van der Waals surface area contributed by atoms with E-state index in [-0.39, 0.29) is 6.23 Å². The second-order valence-electron chi connectivity index (χ2n) is 4.17. The predicted molar refractivity (Wildman–Crippen MR) is 46.0 cm³/mol. The number of allylic oxidation sites excluding steroid dienone is 3. The number of hydrogen-bond donors (Lipinski definition) is 2. The first-order valence-corrected chi connectivity index (χ1v) is 4.59. The molecule has 2 heteroatoms. The third-order valence-corrected chi connectivity index (χ3v) is 3.62. The number of rotatable bonds is 0. The zero-order valence-corrected chi connectivity index (χ0v) is 6.90. The Morgan fingerprint density at radius 1 is 1.42 bits per heavy atom. The molecule has 2 aliphatic carbocycles. The summed E-state index contributed by atoms with van der Waals surface area (Å²) in [6, 6.07) is 0. The van der Waals surface area contributed by atoms with Crippen LogP contribution >= 0.6 is 0 Å². The third kappa shape index (κ3) is 0.604. The fourth-order valence-corrected chi connectivity index (χ4v) is 3.16. The smallest absolute Gasteiger partial charge is 0.128 e. The van der Waals surface area contributed by atoms with Gasteiger partial charge in [-0.1, -0.05) is 18.7 Å². The minimum absolute atomic E-state index is 0.345. The zero-order valence-electron chi connectivity index (χ0n) is 6.90. The summed E-state index contributed by atoms with van der Waals surface area (Å²) in [7, 11) is 0. The van der Waals surface area contributed by atoms with Gasteiger partial charge in [0.25, 0.3) is 0 Å². The van der Waals surface area contributed by atoms with E-state index in [9.17, 15) is 5.11 Å². The van der Waals surface area contributed by atoms with Crippen molar-refractivity contribution in [3.63, 3.8) is 0 Å². The van der Waals surface area contributed by atoms with E-state index < -0.39 is 0 Å². The van der Waals surface area contributed by atoms with Gasteiger partial charge in [0.2, 0.25) is 0 Å². The topological polar surface area (TPSA) is 32.3 Å². The molecule has 1 saturated heterocycles. The van der Waals surface area contributed by atoms with Gasteiger partial charge in [-0.2, -0.15) is 0 Å². The normalized spacial score (nSPS) is 54.4. The summed E-state index contributed by atoms with van der Waals surface area (Å²) >= 11 is 0. The molecule has 2 nitrogen and oxygen atoms in total. The SMILES string of the molecule is C=C1NC(O)[C@H]2C1[C@@H]1C=C[C@H]2C1. The van der Waals surface area contributed by atoms with Crippen molar-refractivity contribution < 1.29 is 5.11 Å². The van der Waals surface area contributed by atoms with Crippen molar-refractivity contribution in [1.29, 1.82) is 0 Å². The lowest BCUT2D eigenvalue weighted by Crippen LogP contribution is -2.28. The molecule has 1 saturated carbocycles. The molecular weight excluding hydrogens is 150 g/mol. The van der Waals surface area contributed by atoms with Crippen LogP contribution in [-0.4, -0.2) is 11.3 Å². The molecule has 5 atom stereocenters. The van der Waals surface area contributed by atoms with E-state index in [1.165, 1.54) is 6.42 Å². The van der Waals surface area contributed by atoms with E-state index in [0.29, 0.717) is 23.7 Å². The Bertz CT molecular complexity index is 271. The summed E-state index contributed by atoms with van der Waals surface area (Å²) in [5, 5.41) is 12.7. The summed E-state index contributed by atoms with van der Waals surface area (Å²) in [6.45, 7) is 3.96. The van der Waals surface area contributed by atoms with Crippen molar-refractivity contribution in [1.82, 2.24) is 5.32 Å². The molecule has 12 heavy (non-hydrogen) atoms. The van der Waals surface area contributed by atoms with Gasteiger partial charge < -0.3 is 10.4 Å². The molecule has 0 amide bonds. The predicted octanol–water partition coefficient (Wildman–Crippen LogP) is 0.860. The Hall–Kier alpha value is -0.760. The molecule has 1 heterocycles. The largest absolute Gasteiger partial charge is 0.373 e. The Kier molecular flexibility index (Phi) is 1.09. The van der Waals surface area contributed by atoms with Gasteiger partial charge in [-0.3, -0.25) is 0 Å². The van der Waals surface area contributed by atoms with Crippen molar-refractivity contribution in [2.75, 3.05) is 0 Å². The van der Waals surface area contributed by atoms with Gasteiger partial charge in [-0.25, -0.2) is 0 Å². The monoisotopic (exact) mass is 163 g/mol. The molecule has 64 valence electrons. The maximum Gasteiger partial charge on any atom is 0.128 e. The van der Waals surface area contributed by atoms with Gasteiger partial charge in [-0.15, -0.1) is 0 Å². The maximum absolute atomic E-state index is 9.69. The Morgan fingerprint density at radius 3 is 2.92 bits per heavy atom. The molecule has 2 N–H and O–H groups in total. The van der Waals surface area contributed by atoms with Crippen molar-refractivity contribution in [2.24, 2.45) is 23.7 Å². The van der Waals surface area contributed by atoms with Crippen molar-refractivity contribution in [3.05, 3.63) is 24.4 Å². The van der Waals surface area contributed by atoms with Crippen LogP contribution in [0.2, 0.25) is 0 Å². The van der Waals surface area contributed by atoms with Crippen LogP contribution in [0.5, 0.6) is 0 Å². The summed E-state index contributed by atoms with van der Waals surface area (Å²) in [4.78, 5) is 0. The second kappa shape index (κ2) is 1.94. The fourth-order valence-electron chi connectivity index (χ4n) is 3.16. The van der Waals surface area contributed by atoms with Gasteiger partial charge in [0, 0.05) is 17.5 Å². The molecule has 2 bridgehead atoms. The average molecular weight is 163 g/mol. The number of nitrogens with one attached hydrogen (secondary N) is 1. The number of aliphatic hydroxyl groups excluding tert-OH is 1. The molecule has 3 aliphatic rings. The Balaban J connectivity index is 2.03. The third-order valence-electron chi connectivity index (χ3n) is 3.62. The van der Waals surface area contributed by atoms with Crippen LogP contribution in [0, 0.1) is 23.7 Å². The Morgan fingerprint density at radius 2 is 2.17 bits per heavy atom. The van der Waals surface area contributed by atoms with E-state index in [2.05, 4.69) is 24.0 Å². The van der Waals surface area contributed by atoms with E-state index in [1.54, 1.807) is 0 Å². The van der Waals surface area contributed by atoms with Crippen LogP contribution in [0.25, 0.3) is 0 Å². The summed E-state index contributed by atoms with van der Waals surface area (Å²) in [6.07, 6.45) is 5.43. The van der Waals surface area contributed by atoms with Gasteiger partial charge >= 0.3 is 0 Å². The molecule has 0 spiro atoms. The lowest BCUT2D eigenvalue weighted by atomic mass is 9.84. The highest BCUT2D eigenvalue weighted by molar-refractivity contribution is 5.25. The number of fused-ring (bicyclic) bond motifs is 5. The van der Waals surface area contributed by atoms with E-state index in [4.69, 9.17) is 0 Å². The first-order valence-electron chi connectivity index (χ1n) is 4.59. The van der Waals surface area contributed by atoms with E-state index in [0.717, 1.165) is 5.70 Å². The highest BCUT2D eigenvalue weighted by atomic mass is 16.3. The highest BCUT2D eigenvalue weighted by Crippen LogP contribution is 2.53. The minimum atomic E-state index is -0.345. The van der Waals surface area contributed by atoms with Crippen LogP contribution < -0.4 is 5.32 Å². The fraction of sp³-hybridized carbons (Fsp3) is 0.600. The minimum Gasteiger partial charge on any atom is -0.373 e. The van der Waals surface area contributed by atoms with Crippen molar-refractivity contribution >= 4 is 0 Å². The van der Waals surface area contributed by atoms with Crippen LogP contribution in [-0.2, 0) is 0 Å². The standard InChI is InChI=1S/C10H13NO/c1-5-8-6-2-3-7(4-6)9(8)10(12)11-5/h2-3,6-12H,1,4H2/t6-,7+,8?,9-,10?/m1/s1. The van der Waals surface area contributed by atoms with Gasteiger partial charge in [0.05, 0.1) is 0 Å². The van der Waals surface area contributed by atoms with Crippen molar-refractivity contribution in [2.45, 2.75) is 12.6 Å². The molecule has 0 aromatic rings. The Labute approximate surface area is 72.0 Å². The number of hydrogen-bond acceptors (Lipinski definition) is 2. The van der Waals surface area contributed by atoms with Gasteiger partial charge in [-0.05, 0) is 18.3 Å². The van der Waals surface area contributed by atoms with Crippen LogP contribution in [0.4, 0.5) is 0 Å². The van der Waals surface area contributed by atoms with E-state index >= 15 is 0 Å². The van der Waals surface area contributed by atoms with Crippen LogP contribution in [0.3, 0.4) is 0 Å². The van der Waals surface area contributed by atoms with Crippen LogP contribution in [0.1, 0.15) is 6.42 Å². The molecule has 3 rings (SSSR count). The molecule has 1 aliphatic heterocycles. The average Bonchev–Trinajstić information content (AvgIpc) is 2.64. The highest BCUT2D eigenvalue weighted by Gasteiger charge is 2.52. The molecule has 2 fully saturated rings. The number of aliphatic hydroxyl groups is 1. The second-order valence-corrected chi connectivity index (χ2v) is 4.17. The van der Waals surface area contributed by atoms with Gasteiger partial charge in [0.15, 0.2) is 0 Å². The summed E-state index contributed by atoms with van der Waals surface area (Å²) < 4.78 is 0. The zero-order chi connectivity index (χ0) is 8.29. The first-order chi connectivity index (χ1) is 5.77. The maximum atomic E-state index is 9.69. The van der Waals surface area contributed by atoms with Crippen LogP contribution in [0.15, 0.2) is 24.4 Å².